The van der Waals surface area contributed by atoms with Crippen molar-refractivity contribution in [3.63, 3.8) is 0 Å². The summed E-state index contributed by atoms with van der Waals surface area (Å²) >= 11 is 0. The van der Waals surface area contributed by atoms with Crippen molar-refractivity contribution in [1.29, 1.82) is 0 Å². The lowest BCUT2D eigenvalue weighted by atomic mass is 9.92. The van der Waals surface area contributed by atoms with Crippen molar-refractivity contribution in [2.75, 3.05) is 12.4 Å². The summed E-state index contributed by atoms with van der Waals surface area (Å²) in [6, 6.07) is 17.3. The second-order valence-corrected chi connectivity index (χ2v) is 11.2. The maximum absolute atomic E-state index is 14.3. The third kappa shape index (κ3) is 7.85. The maximum atomic E-state index is 14.3. The molecule has 0 aliphatic rings. The van der Waals surface area contributed by atoms with Crippen molar-refractivity contribution in [3.05, 3.63) is 101 Å². The molecule has 0 fully saturated rings. The van der Waals surface area contributed by atoms with Crippen molar-refractivity contribution in [1.82, 2.24) is 4.57 Å². The molecule has 0 spiro atoms. The number of hydrogen-bond donors (Lipinski definition) is 4. The van der Waals surface area contributed by atoms with Crippen LogP contribution in [-0.2, 0) is 16.0 Å². The van der Waals surface area contributed by atoms with Gasteiger partial charge in [0.05, 0.1) is 37.0 Å². The van der Waals surface area contributed by atoms with E-state index in [-0.39, 0.29) is 42.2 Å². The topological polar surface area (TPSA) is 138 Å². The molecule has 0 saturated carbocycles. The van der Waals surface area contributed by atoms with Crippen LogP contribution in [0.1, 0.15) is 65.7 Å². The number of ether oxygens (including phenoxy) is 1. The van der Waals surface area contributed by atoms with Crippen molar-refractivity contribution in [2.45, 2.75) is 57.8 Å². The molecule has 0 unspecified atom stereocenters. The standard InChI is InChI=1S/C35H36F2N2O7/c1-20(2)39-29(17-16-25(40)18-26(41)19-30(42)43)31(21-8-12-23(36)13-9-21)32(22-10-14-24(37)15-11-22)33(39)34(44)38-28-7-5-4-6-27(28)35(45)46-3/h4-15,20,25-26,40-41H,16-19H2,1-3H3,(H,38,44)(H,42,43)/t25-,26-/m1/s1. The van der Waals surface area contributed by atoms with Gasteiger partial charge < -0.3 is 29.9 Å². The van der Waals surface area contributed by atoms with Gasteiger partial charge in [0, 0.05) is 22.9 Å². The number of esters is 1. The number of carboxylic acids is 1. The van der Waals surface area contributed by atoms with E-state index in [1.54, 1.807) is 34.9 Å². The third-order valence-electron chi connectivity index (χ3n) is 7.55. The highest BCUT2D eigenvalue weighted by Crippen LogP contribution is 2.43. The number of aliphatic carboxylic acids is 1. The lowest BCUT2D eigenvalue weighted by Gasteiger charge is -2.20. The van der Waals surface area contributed by atoms with Crippen LogP contribution < -0.4 is 5.32 Å². The number of nitrogens with zero attached hydrogens (tertiary/aromatic N) is 1. The number of methoxy groups -OCH3 is 1. The Balaban J connectivity index is 1.94. The van der Waals surface area contributed by atoms with E-state index in [2.05, 4.69) is 5.32 Å². The van der Waals surface area contributed by atoms with Gasteiger partial charge in [-0.2, -0.15) is 0 Å². The Labute approximate surface area is 265 Å². The summed E-state index contributed by atoms with van der Waals surface area (Å²) in [5.74, 6) is -3.40. The second kappa shape index (κ2) is 14.9. The number of nitrogens with one attached hydrogen (secondary N) is 1. The molecule has 1 amide bonds. The van der Waals surface area contributed by atoms with Crippen molar-refractivity contribution >= 4 is 23.5 Å². The molecule has 46 heavy (non-hydrogen) atoms. The first-order valence-electron chi connectivity index (χ1n) is 14.8. The summed E-state index contributed by atoms with van der Waals surface area (Å²) < 4.78 is 34.9. The Bertz CT molecular complexity index is 1700. The molecule has 4 aromatic rings. The Morgan fingerprint density at radius 1 is 0.848 bits per heavy atom. The molecule has 0 saturated heterocycles. The zero-order valence-electron chi connectivity index (χ0n) is 25.7. The number of carboxylic acid groups (broad SMARTS) is 1. The van der Waals surface area contributed by atoms with Gasteiger partial charge in [-0.15, -0.1) is 0 Å². The molecule has 11 heteroatoms. The number of aliphatic hydroxyl groups excluding tert-OH is 2. The summed E-state index contributed by atoms with van der Waals surface area (Å²) in [7, 11) is 1.23. The molecule has 0 aliphatic heterocycles. The number of halogens is 2. The molecule has 0 radical (unpaired) electrons. The summed E-state index contributed by atoms with van der Waals surface area (Å²) in [6.07, 6.45) is -2.77. The number of hydrogen-bond acceptors (Lipinski definition) is 6. The summed E-state index contributed by atoms with van der Waals surface area (Å²) in [5, 5.41) is 32.7. The van der Waals surface area contributed by atoms with Crippen LogP contribution >= 0.6 is 0 Å². The molecular weight excluding hydrogens is 598 g/mol. The molecule has 1 heterocycles. The highest BCUT2D eigenvalue weighted by atomic mass is 19.1. The van der Waals surface area contributed by atoms with Crippen LogP contribution in [-0.4, -0.2) is 57.1 Å². The van der Waals surface area contributed by atoms with E-state index in [1.807, 2.05) is 13.8 Å². The molecule has 242 valence electrons. The van der Waals surface area contributed by atoms with Gasteiger partial charge in [-0.1, -0.05) is 36.4 Å². The number of benzene rings is 3. The van der Waals surface area contributed by atoms with Gasteiger partial charge >= 0.3 is 11.9 Å². The summed E-state index contributed by atoms with van der Waals surface area (Å²) in [6.45, 7) is 3.72. The number of aromatic nitrogens is 1. The Hall–Kier alpha value is -4.87. The largest absolute Gasteiger partial charge is 0.481 e. The smallest absolute Gasteiger partial charge is 0.339 e. The fourth-order valence-electron chi connectivity index (χ4n) is 5.58. The highest BCUT2D eigenvalue weighted by Gasteiger charge is 2.31. The lowest BCUT2D eigenvalue weighted by Crippen LogP contribution is -2.23. The first kappa shape index (κ1) is 34.0. The number of aliphatic hydroxyl groups is 2. The summed E-state index contributed by atoms with van der Waals surface area (Å²) in [5.41, 5.74) is 3.12. The van der Waals surface area contributed by atoms with E-state index in [4.69, 9.17) is 9.84 Å². The van der Waals surface area contributed by atoms with Gasteiger partial charge in [0.25, 0.3) is 5.91 Å². The number of carbonyl (C=O) groups is 3. The maximum Gasteiger partial charge on any atom is 0.339 e. The zero-order valence-corrected chi connectivity index (χ0v) is 25.7. The van der Waals surface area contributed by atoms with Gasteiger partial charge in [0.2, 0.25) is 0 Å². The Morgan fingerprint density at radius 3 is 1.96 bits per heavy atom. The summed E-state index contributed by atoms with van der Waals surface area (Å²) in [4.78, 5) is 37.9. The predicted octanol–water partition coefficient (Wildman–Crippen LogP) is 6.24. The SMILES string of the molecule is COC(=O)c1ccccc1NC(=O)c1c(-c2ccc(F)cc2)c(-c2ccc(F)cc2)c(CC[C@@H](O)C[C@@H](O)CC(=O)O)n1C(C)C. The molecule has 2 atom stereocenters. The van der Waals surface area contributed by atoms with Gasteiger partial charge in [-0.25, -0.2) is 13.6 Å². The third-order valence-corrected chi connectivity index (χ3v) is 7.55. The molecule has 9 nitrogen and oxygen atoms in total. The van der Waals surface area contributed by atoms with Crippen molar-refractivity contribution in [3.8, 4) is 22.3 Å². The molecule has 0 bridgehead atoms. The van der Waals surface area contributed by atoms with Crippen LogP contribution in [0.15, 0.2) is 72.8 Å². The fourth-order valence-corrected chi connectivity index (χ4v) is 5.58. The van der Waals surface area contributed by atoms with Gasteiger partial charge in [0.15, 0.2) is 0 Å². The molecule has 4 rings (SSSR count). The second-order valence-electron chi connectivity index (χ2n) is 11.2. The van der Waals surface area contributed by atoms with Crippen LogP contribution in [0.3, 0.4) is 0 Å². The molecule has 1 aromatic heterocycles. The predicted molar refractivity (Wildman–Crippen MR) is 169 cm³/mol. The average molecular weight is 635 g/mol. The Kier molecular flexibility index (Phi) is 11.0. The van der Waals surface area contributed by atoms with Crippen molar-refractivity contribution < 1.29 is 43.2 Å². The average Bonchev–Trinajstić information content (AvgIpc) is 3.35. The van der Waals surface area contributed by atoms with E-state index >= 15 is 0 Å². The first-order chi connectivity index (χ1) is 21.9. The van der Waals surface area contributed by atoms with Crippen LogP contribution in [0.4, 0.5) is 14.5 Å². The van der Waals surface area contributed by atoms with E-state index in [9.17, 15) is 33.4 Å². The number of para-hydroxylation sites is 1. The van der Waals surface area contributed by atoms with Gasteiger partial charge in [-0.3, -0.25) is 9.59 Å². The van der Waals surface area contributed by atoms with Crippen LogP contribution in [0.5, 0.6) is 0 Å². The van der Waals surface area contributed by atoms with E-state index < -0.39 is 48.1 Å². The number of carbonyl (C=O) groups excluding carboxylic acids is 2. The van der Waals surface area contributed by atoms with Gasteiger partial charge in [-0.05, 0) is 80.6 Å². The molecular formula is C35H36F2N2O7. The fraction of sp³-hybridized carbons (Fsp3) is 0.286. The minimum absolute atomic E-state index is 0.0939. The van der Waals surface area contributed by atoms with E-state index in [1.165, 1.54) is 49.6 Å². The van der Waals surface area contributed by atoms with E-state index in [0.717, 1.165) is 0 Å². The number of rotatable bonds is 13. The normalized spacial score (nSPS) is 12.5. The first-order valence-corrected chi connectivity index (χ1v) is 14.8. The van der Waals surface area contributed by atoms with Gasteiger partial charge in [0.1, 0.15) is 17.3 Å². The molecule has 0 aliphatic carbocycles. The van der Waals surface area contributed by atoms with Crippen LogP contribution in [0.2, 0.25) is 0 Å². The van der Waals surface area contributed by atoms with Crippen LogP contribution in [0.25, 0.3) is 22.3 Å². The lowest BCUT2D eigenvalue weighted by molar-refractivity contribution is -0.139. The minimum atomic E-state index is -1.26. The van der Waals surface area contributed by atoms with E-state index in [0.29, 0.717) is 27.9 Å². The quantitative estimate of drug-likeness (QED) is 0.128. The molecule has 3 aromatic carbocycles. The minimum Gasteiger partial charge on any atom is -0.481 e. The van der Waals surface area contributed by atoms with Crippen LogP contribution in [0, 0.1) is 11.6 Å². The van der Waals surface area contributed by atoms with Crippen molar-refractivity contribution in [2.24, 2.45) is 0 Å². The monoisotopic (exact) mass is 634 g/mol. The highest BCUT2D eigenvalue weighted by molar-refractivity contribution is 6.13. The zero-order chi connectivity index (χ0) is 33.5. The Morgan fingerprint density at radius 2 is 1.41 bits per heavy atom. The number of amides is 1. The molecule has 4 N–H and O–H groups in total. The number of anilines is 1.